The van der Waals surface area contributed by atoms with Gasteiger partial charge in [0.05, 0.1) is 16.8 Å². The molecule has 0 radical (unpaired) electrons. The van der Waals surface area contributed by atoms with Crippen LogP contribution in [0.4, 0.5) is 0 Å². The number of rotatable bonds is 8. The molecule has 2 heterocycles. The monoisotopic (exact) mass is 597 g/mol. The average Bonchev–Trinajstić information content (AvgIpc) is 3.60. The van der Waals surface area contributed by atoms with Gasteiger partial charge in [-0.05, 0) is 70.6 Å². The van der Waals surface area contributed by atoms with Crippen molar-refractivity contribution in [1.29, 1.82) is 0 Å². The van der Waals surface area contributed by atoms with Gasteiger partial charge >= 0.3 is 0 Å². The van der Waals surface area contributed by atoms with Crippen LogP contribution in [0.5, 0.6) is 0 Å². The summed E-state index contributed by atoms with van der Waals surface area (Å²) in [6.45, 7) is 0. The highest BCUT2D eigenvalue weighted by atomic mass is 35.5. The Bertz CT molecular complexity index is 1880. The van der Waals surface area contributed by atoms with E-state index < -0.39 is 5.91 Å². The zero-order valence-electron chi connectivity index (χ0n) is 21.4. The van der Waals surface area contributed by atoms with Crippen molar-refractivity contribution in [3.8, 4) is 5.69 Å². The third-order valence-corrected chi connectivity index (χ3v) is 7.69. The number of aromatic nitrogens is 3. The third kappa shape index (κ3) is 6.05. The van der Waals surface area contributed by atoms with Crippen molar-refractivity contribution in [3.05, 3.63) is 136 Å². The second-order valence-electron chi connectivity index (χ2n) is 8.97. The molecule has 6 aromatic rings. The number of fused-ring (bicyclic) bond motifs is 1. The number of benzene rings is 4. The van der Waals surface area contributed by atoms with Crippen LogP contribution in [0.25, 0.3) is 16.5 Å². The fourth-order valence-electron chi connectivity index (χ4n) is 4.37. The third-order valence-electron chi connectivity index (χ3n) is 6.27. The van der Waals surface area contributed by atoms with Crippen LogP contribution in [0, 0.1) is 0 Å². The van der Waals surface area contributed by atoms with Gasteiger partial charge in [0.1, 0.15) is 11.6 Å². The molecule has 0 saturated heterocycles. The summed E-state index contributed by atoms with van der Waals surface area (Å²) >= 11 is 13.3. The molecule has 0 aliphatic carbocycles. The van der Waals surface area contributed by atoms with Gasteiger partial charge in [-0.2, -0.15) is 5.10 Å². The molecule has 2 aromatic heterocycles. The fraction of sp³-hybridized carbons (Fsp3) is 0.0323. The number of hydrazone groups is 1. The van der Waals surface area contributed by atoms with Crippen molar-refractivity contribution < 1.29 is 9.21 Å². The molecule has 0 aliphatic heterocycles. The molecule has 0 spiro atoms. The molecule has 0 saturated carbocycles. The molecule has 202 valence electrons. The first-order valence-electron chi connectivity index (χ1n) is 12.6. The van der Waals surface area contributed by atoms with E-state index in [9.17, 15) is 4.79 Å². The molecule has 0 fully saturated rings. The molecular formula is C31H21Cl2N5O2S. The van der Waals surface area contributed by atoms with E-state index >= 15 is 0 Å². The van der Waals surface area contributed by atoms with Gasteiger partial charge in [0.2, 0.25) is 5.16 Å². The zero-order valence-corrected chi connectivity index (χ0v) is 23.7. The lowest BCUT2D eigenvalue weighted by Crippen LogP contribution is -2.17. The van der Waals surface area contributed by atoms with Gasteiger partial charge in [-0.1, -0.05) is 83.9 Å². The summed E-state index contributed by atoms with van der Waals surface area (Å²) in [7, 11) is 0. The largest absolute Gasteiger partial charge is 0.448 e. The minimum atomic E-state index is -0.459. The van der Waals surface area contributed by atoms with E-state index in [-0.39, 0.29) is 10.6 Å². The number of carbonyl (C=O) groups is 1. The maximum absolute atomic E-state index is 12.4. The molecule has 10 heteroatoms. The van der Waals surface area contributed by atoms with Crippen molar-refractivity contribution in [1.82, 2.24) is 20.2 Å². The summed E-state index contributed by atoms with van der Waals surface area (Å²) in [5, 5.41) is 17.4. The van der Waals surface area contributed by atoms with E-state index in [1.54, 1.807) is 12.1 Å². The van der Waals surface area contributed by atoms with E-state index in [4.69, 9.17) is 27.6 Å². The lowest BCUT2D eigenvalue weighted by atomic mass is 10.0. The van der Waals surface area contributed by atoms with E-state index in [0.717, 1.165) is 11.5 Å². The lowest BCUT2D eigenvalue weighted by Gasteiger charge is -2.11. The number of amides is 1. The van der Waals surface area contributed by atoms with Crippen LogP contribution in [0.1, 0.15) is 27.5 Å². The smallest absolute Gasteiger partial charge is 0.272 e. The first-order valence-corrected chi connectivity index (χ1v) is 14.1. The molecular weight excluding hydrogens is 577 g/mol. The fourth-order valence-corrected chi connectivity index (χ4v) is 5.70. The highest BCUT2D eigenvalue weighted by Crippen LogP contribution is 2.31. The van der Waals surface area contributed by atoms with Gasteiger partial charge in [-0.25, -0.2) is 5.43 Å². The van der Waals surface area contributed by atoms with Crippen LogP contribution in [-0.4, -0.2) is 26.9 Å². The number of hydrogen-bond acceptors (Lipinski definition) is 6. The predicted octanol–water partition coefficient (Wildman–Crippen LogP) is 7.83. The maximum Gasteiger partial charge on any atom is 0.272 e. The average molecular weight is 599 g/mol. The number of furan rings is 1. The number of halogens is 2. The van der Waals surface area contributed by atoms with Gasteiger partial charge in [0.25, 0.3) is 5.91 Å². The second kappa shape index (κ2) is 12.0. The van der Waals surface area contributed by atoms with E-state index in [2.05, 4.69) is 51.1 Å². The molecule has 4 aromatic carbocycles. The van der Waals surface area contributed by atoms with Gasteiger partial charge < -0.3 is 4.42 Å². The minimum Gasteiger partial charge on any atom is -0.448 e. The number of nitrogens with zero attached hydrogens (tertiary/aromatic N) is 4. The molecule has 1 amide bonds. The Morgan fingerprint density at radius 2 is 1.73 bits per heavy atom. The van der Waals surface area contributed by atoms with Gasteiger partial charge in [-0.15, -0.1) is 10.2 Å². The Balaban J connectivity index is 1.22. The predicted molar refractivity (Wildman–Crippen MR) is 162 cm³/mol. The first kappa shape index (κ1) is 26.8. The van der Waals surface area contributed by atoms with Crippen LogP contribution in [0.15, 0.2) is 123 Å². The van der Waals surface area contributed by atoms with Gasteiger partial charge in [0.15, 0.2) is 5.09 Å². The summed E-state index contributed by atoms with van der Waals surface area (Å²) in [6, 6.07) is 32.8. The Morgan fingerprint density at radius 1 is 0.927 bits per heavy atom. The van der Waals surface area contributed by atoms with Crippen LogP contribution in [-0.2, 0) is 6.42 Å². The second-order valence-corrected chi connectivity index (χ2v) is 10.8. The van der Waals surface area contributed by atoms with Crippen LogP contribution >= 0.6 is 35.0 Å². The summed E-state index contributed by atoms with van der Waals surface area (Å²) < 4.78 is 7.97. The van der Waals surface area contributed by atoms with Crippen molar-refractivity contribution in [2.24, 2.45) is 5.10 Å². The summed E-state index contributed by atoms with van der Waals surface area (Å²) in [6.07, 6.45) is 2.02. The number of carbonyl (C=O) groups excluding carboxylic acids is 1. The lowest BCUT2D eigenvalue weighted by molar-refractivity contribution is 0.0955. The highest BCUT2D eigenvalue weighted by Gasteiger charge is 2.18. The molecule has 0 aliphatic rings. The van der Waals surface area contributed by atoms with Gasteiger partial charge in [0, 0.05) is 17.1 Å². The Morgan fingerprint density at radius 3 is 2.59 bits per heavy atom. The van der Waals surface area contributed by atoms with Crippen LogP contribution in [0.3, 0.4) is 0 Å². The molecule has 1 N–H and O–H groups in total. The zero-order chi connectivity index (χ0) is 28.2. The van der Waals surface area contributed by atoms with E-state index in [0.29, 0.717) is 27.5 Å². The number of para-hydroxylation sites is 1. The molecule has 0 bridgehead atoms. The standard InChI is InChI=1S/C31H21Cl2N5O2S/c32-22-13-15-26(27(33)18-22)30(39)36-34-19-24-14-16-29(40-24)41-31-37-35-28(38(31)23-10-2-1-3-11-23)17-21-9-6-8-20-7-4-5-12-25(20)21/h1-16,18-19H,17H2,(H,36,39)/b34-19-. The quantitative estimate of drug-likeness (QED) is 0.143. The van der Waals surface area contributed by atoms with Crippen molar-refractivity contribution >= 4 is 57.9 Å². The molecule has 0 unspecified atom stereocenters. The van der Waals surface area contributed by atoms with E-state index in [1.807, 2.05) is 53.1 Å². The first-order chi connectivity index (χ1) is 20.0. The van der Waals surface area contributed by atoms with Crippen LogP contribution < -0.4 is 5.43 Å². The summed E-state index contributed by atoms with van der Waals surface area (Å²) in [5.41, 5.74) is 4.83. The number of nitrogens with one attached hydrogen (secondary N) is 1. The Kier molecular flexibility index (Phi) is 7.86. The minimum absolute atomic E-state index is 0.240. The Hall–Kier alpha value is -4.37. The summed E-state index contributed by atoms with van der Waals surface area (Å²) in [4.78, 5) is 12.4. The molecule has 0 atom stereocenters. The van der Waals surface area contributed by atoms with Crippen molar-refractivity contribution in [2.75, 3.05) is 0 Å². The van der Waals surface area contributed by atoms with Crippen LogP contribution in [0.2, 0.25) is 10.0 Å². The highest BCUT2D eigenvalue weighted by molar-refractivity contribution is 7.99. The molecule has 6 rings (SSSR count). The molecule has 7 nitrogen and oxygen atoms in total. The molecule has 41 heavy (non-hydrogen) atoms. The Labute approximate surface area is 249 Å². The van der Waals surface area contributed by atoms with E-state index in [1.165, 1.54) is 46.4 Å². The van der Waals surface area contributed by atoms with Crippen molar-refractivity contribution in [2.45, 2.75) is 16.7 Å². The van der Waals surface area contributed by atoms with Crippen molar-refractivity contribution in [3.63, 3.8) is 0 Å². The maximum atomic E-state index is 12.4. The number of hydrogen-bond donors (Lipinski definition) is 1. The van der Waals surface area contributed by atoms with Gasteiger partial charge in [-0.3, -0.25) is 9.36 Å². The SMILES string of the molecule is O=C(N/N=C\c1ccc(Sc2nnc(Cc3cccc4ccccc34)n2-c2ccccc2)o1)c1ccc(Cl)cc1Cl. The summed E-state index contributed by atoms with van der Waals surface area (Å²) in [5.74, 6) is 0.808. The topological polar surface area (TPSA) is 85.3 Å². The normalized spacial score (nSPS) is 11.4.